The van der Waals surface area contributed by atoms with Crippen LogP contribution in [0.1, 0.15) is 12.8 Å². The predicted molar refractivity (Wildman–Crippen MR) is 112 cm³/mol. The van der Waals surface area contributed by atoms with E-state index in [1.54, 1.807) is 0 Å². The number of nitrogens with one attached hydrogen (secondary N) is 1. The molecule has 0 radical (unpaired) electrons. The second kappa shape index (κ2) is 8.89. The molecule has 8 nitrogen and oxygen atoms in total. The first kappa shape index (κ1) is 23.1. The number of nitrogens with zero attached hydrogens (tertiary/aromatic N) is 2. The Morgan fingerprint density at radius 2 is 1.61 bits per heavy atom. The van der Waals surface area contributed by atoms with Crippen LogP contribution in [0, 0.1) is 11.6 Å². The number of carbonyl (C=O) groups is 1. The predicted octanol–water partition coefficient (Wildman–Crippen LogP) is 2.15. The second-order valence-electron chi connectivity index (χ2n) is 7.05. The summed E-state index contributed by atoms with van der Waals surface area (Å²) in [4.78, 5) is 12.5. The van der Waals surface area contributed by atoms with Crippen molar-refractivity contribution in [1.82, 2.24) is 4.31 Å². The van der Waals surface area contributed by atoms with Gasteiger partial charge in [-0.05, 0) is 49.2 Å². The van der Waals surface area contributed by atoms with E-state index in [2.05, 4.69) is 5.32 Å². The number of sulfonamides is 2. The summed E-state index contributed by atoms with van der Waals surface area (Å²) in [6.07, 6.45) is 2.45. The summed E-state index contributed by atoms with van der Waals surface area (Å²) in [5, 5.41) is 2.47. The minimum atomic E-state index is -3.97. The molecular weight excluding hydrogens is 452 g/mol. The van der Waals surface area contributed by atoms with Crippen LogP contribution in [0.2, 0.25) is 0 Å². The molecule has 2 aromatic carbocycles. The maximum Gasteiger partial charge on any atom is 0.245 e. The van der Waals surface area contributed by atoms with Gasteiger partial charge in [-0.2, -0.15) is 4.31 Å². The normalized spacial score (nSPS) is 15.1. The monoisotopic (exact) mass is 473 g/mol. The minimum absolute atomic E-state index is 0.0898. The molecule has 0 saturated carbocycles. The standard InChI is InChI=1S/C19H21F2N3O5S2/c1-30(26,27)24(15-6-9-17(20)18(21)12-15)13-19(25)22-14-4-7-16(8-5-14)31(28,29)23-10-2-3-11-23/h4-9,12H,2-3,10-11,13H2,1H3,(H,22,25). The van der Waals surface area contributed by atoms with Gasteiger partial charge in [0.05, 0.1) is 16.8 Å². The van der Waals surface area contributed by atoms with Gasteiger partial charge in [0.2, 0.25) is 26.0 Å². The van der Waals surface area contributed by atoms with E-state index in [-0.39, 0.29) is 16.3 Å². The molecule has 3 rings (SSSR count). The third-order valence-electron chi connectivity index (χ3n) is 4.72. The van der Waals surface area contributed by atoms with Crippen LogP contribution in [-0.4, -0.2) is 52.9 Å². The van der Waals surface area contributed by atoms with Gasteiger partial charge in [0, 0.05) is 24.8 Å². The molecule has 168 valence electrons. The summed E-state index contributed by atoms with van der Waals surface area (Å²) in [5.74, 6) is -3.14. The molecule has 0 bridgehead atoms. The highest BCUT2D eigenvalue weighted by atomic mass is 32.2. The Morgan fingerprint density at radius 3 is 2.16 bits per heavy atom. The molecule has 0 aromatic heterocycles. The van der Waals surface area contributed by atoms with Crippen molar-refractivity contribution in [2.24, 2.45) is 0 Å². The van der Waals surface area contributed by atoms with Crippen LogP contribution >= 0.6 is 0 Å². The first-order valence-corrected chi connectivity index (χ1v) is 12.6. The summed E-state index contributed by atoms with van der Waals surface area (Å²) >= 11 is 0. The summed E-state index contributed by atoms with van der Waals surface area (Å²) in [5.41, 5.74) is 0.0488. The summed E-state index contributed by atoms with van der Waals surface area (Å²) in [6, 6.07) is 7.99. The van der Waals surface area contributed by atoms with Crippen LogP contribution in [0.25, 0.3) is 0 Å². The maximum atomic E-state index is 13.5. The summed E-state index contributed by atoms with van der Waals surface area (Å²) in [7, 11) is -7.57. The molecule has 1 aliphatic heterocycles. The van der Waals surface area contributed by atoms with E-state index in [0.29, 0.717) is 23.5 Å². The number of benzene rings is 2. The number of anilines is 2. The first-order chi connectivity index (χ1) is 14.5. The molecule has 0 unspecified atom stereocenters. The van der Waals surface area contributed by atoms with Crippen LogP contribution in [0.5, 0.6) is 0 Å². The van der Waals surface area contributed by atoms with Crippen LogP contribution in [0.4, 0.5) is 20.2 Å². The van der Waals surface area contributed by atoms with Gasteiger partial charge in [0.25, 0.3) is 0 Å². The Labute approximate surface area is 179 Å². The molecule has 12 heteroatoms. The fourth-order valence-corrected chi connectivity index (χ4v) is 5.52. The largest absolute Gasteiger partial charge is 0.325 e. The highest BCUT2D eigenvalue weighted by molar-refractivity contribution is 7.92. The molecule has 0 spiro atoms. The van der Waals surface area contributed by atoms with Crippen molar-refractivity contribution < 1.29 is 30.4 Å². The molecule has 1 fully saturated rings. The highest BCUT2D eigenvalue weighted by Gasteiger charge is 2.27. The molecule has 1 aliphatic rings. The molecule has 1 amide bonds. The lowest BCUT2D eigenvalue weighted by molar-refractivity contribution is -0.114. The van der Waals surface area contributed by atoms with E-state index in [0.717, 1.165) is 31.2 Å². The third kappa shape index (κ3) is 5.38. The molecule has 0 aliphatic carbocycles. The number of amides is 1. The van der Waals surface area contributed by atoms with Crippen molar-refractivity contribution in [3.8, 4) is 0 Å². The topological polar surface area (TPSA) is 104 Å². The second-order valence-corrected chi connectivity index (χ2v) is 10.9. The van der Waals surface area contributed by atoms with Gasteiger partial charge in [-0.1, -0.05) is 0 Å². The van der Waals surface area contributed by atoms with Crippen LogP contribution in [0.15, 0.2) is 47.4 Å². The van der Waals surface area contributed by atoms with Gasteiger partial charge in [-0.3, -0.25) is 9.10 Å². The average molecular weight is 474 g/mol. The van der Waals surface area contributed by atoms with Crippen molar-refractivity contribution in [1.29, 1.82) is 0 Å². The van der Waals surface area contributed by atoms with E-state index < -0.39 is 44.1 Å². The van der Waals surface area contributed by atoms with Gasteiger partial charge >= 0.3 is 0 Å². The van der Waals surface area contributed by atoms with Crippen LogP contribution in [0.3, 0.4) is 0 Å². The molecule has 2 aromatic rings. The highest BCUT2D eigenvalue weighted by Crippen LogP contribution is 2.23. The van der Waals surface area contributed by atoms with Crippen LogP contribution in [-0.2, 0) is 24.8 Å². The van der Waals surface area contributed by atoms with Crippen molar-refractivity contribution in [3.05, 3.63) is 54.1 Å². The quantitative estimate of drug-likeness (QED) is 0.664. The van der Waals surface area contributed by atoms with Crippen molar-refractivity contribution in [2.75, 3.05) is 35.5 Å². The van der Waals surface area contributed by atoms with E-state index in [1.165, 1.54) is 28.6 Å². The molecular formula is C19H21F2N3O5S2. The Morgan fingerprint density at radius 1 is 1.00 bits per heavy atom. The lowest BCUT2D eigenvalue weighted by Gasteiger charge is -2.22. The molecule has 1 saturated heterocycles. The zero-order chi connectivity index (χ0) is 22.8. The zero-order valence-electron chi connectivity index (χ0n) is 16.6. The average Bonchev–Trinajstić information content (AvgIpc) is 3.24. The zero-order valence-corrected chi connectivity index (χ0v) is 18.2. The molecule has 31 heavy (non-hydrogen) atoms. The lowest BCUT2D eigenvalue weighted by Crippen LogP contribution is -2.37. The molecule has 1 heterocycles. The summed E-state index contributed by atoms with van der Waals surface area (Å²) < 4.78 is 77.9. The number of halogens is 2. The Balaban J connectivity index is 1.73. The SMILES string of the molecule is CS(=O)(=O)N(CC(=O)Nc1ccc(S(=O)(=O)N2CCCC2)cc1)c1ccc(F)c(F)c1. The van der Waals surface area contributed by atoms with E-state index in [1.807, 2.05) is 0 Å². The Bertz CT molecular complexity index is 1180. The number of hydrogen-bond acceptors (Lipinski definition) is 5. The van der Waals surface area contributed by atoms with Gasteiger partial charge in [-0.25, -0.2) is 25.6 Å². The lowest BCUT2D eigenvalue weighted by atomic mass is 10.3. The van der Waals surface area contributed by atoms with Crippen LogP contribution < -0.4 is 9.62 Å². The Kier molecular flexibility index (Phi) is 6.62. The van der Waals surface area contributed by atoms with Gasteiger partial charge in [-0.15, -0.1) is 0 Å². The van der Waals surface area contributed by atoms with E-state index >= 15 is 0 Å². The number of carbonyl (C=O) groups excluding carboxylic acids is 1. The molecule has 0 atom stereocenters. The van der Waals surface area contributed by atoms with Crippen molar-refractivity contribution in [2.45, 2.75) is 17.7 Å². The fraction of sp³-hybridized carbons (Fsp3) is 0.316. The molecule has 1 N–H and O–H groups in total. The van der Waals surface area contributed by atoms with Crippen molar-refractivity contribution >= 4 is 37.3 Å². The summed E-state index contributed by atoms with van der Waals surface area (Å²) in [6.45, 7) is 0.246. The van der Waals surface area contributed by atoms with Crippen molar-refractivity contribution in [3.63, 3.8) is 0 Å². The number of hydrogen-bond donors (Lipinski definition) is 1. The third-order valence-corrected chi connectivity index (χ3v) is 7.77. The smallest absolute Gasteiger partial charge is 0.245 e. The van der Waals surface area contributed by atoms with Gasteiger partial charge < -0.3 is 5.32 Å². The van der Waals surface area contributed by atoms with Gasteiger partial charge in [0.1, 0.15) is 6.54 Å². The fourth-order valence-electron chi connectivity index (χ4n) is 3.16. The van der Waals surface area contributed by atoms with E-state index in [9.17, 15) is 30.4 Å². The van der Waals surface area contributed by atoms with E-state index in [4.69, 9.17) is 0 Å². The minimum Gasteiger partial charge on any atom is -0.325 e. The van der Waals surface area contributed by atoms with Gasteiger partial charge in [0.15, 0.2) is 11.6 Å². The number of rotatable bonds is 7. The maximum absolute atomic E-state index is 13.5. The Hall–Kier alpha value is -2.57. The first-order valence-electron chi connectivity index (χ1n) is 9.31.